The Hall–Kier alpha value is -3.83. The van der Waals surface area contributed by atoms with E-state index >= 15 is 0 Å². The zero-order valence-electron chi connectivity index (χ0n) is 18.7. The summed E-state index contributed by atoms with van der Waals surface area (Å²) in [6.07, 6.45) is 3.17. The lowest BCUT2D eigenvalue weighted by Crippen LogP contribution is -2.21. The minimum atomic E-state index is -0.930. The Balaban J connectivity index is 1.71. The van der Waals surface area contributed by atoms with Crippen molar-refractivity contribution in [2.75, 3.05) is 0 Å². The van der Waals surface area contributed by atoms with Gasteiger partial charge in [-0.05, 0) is 76.9 Å². The summed E-state index contributed by atoms with van der Waals surface area (Å²) >= 11 is 0. The van der Waals surface area contributed by atoms with E-state index in [-0.39, 0.29) is 11.0 Å². The first-order valence-electron chi connectivity index (χ1n) is 10.7. The molecule has 1 aliphatic rings. The summed E-state index contributed by atoms with van der Waals surface area (Å²) in [5.41, 5.74) is 8.76. The summed E-state index contributed by atoms with van der Waals surface area (Å²) in [5.74, 6) is 5.77. The Kier molecular flexibility index (Phi) is 5.59. The van der Waals surface area contributed by atoms with E-state index in [1.165, 1.54) is 11.1 Å². The van der Waals surface area contributed by atoms with Crippen LogP contribution in [0, 0.1) is 18.8 Å². The maximum atomic E-state index is 11.1. The molecule has 0 fully saturated rings. The highest BCUT2D eigenvalue weighted by Crippen LogP contribution is 2.40. The predicted octanol–water partition coefficient (Wildman–Crippen LogP) is 6.87. The number of aromatic carboxylic acids is 1. The summed E-state index contributed by atoms with van der Waals surface area (Å²) in [6.45, 7) is 10.9. The molecule has 3 aromatic rings. The lowest BCUT2D eigenvalue weighted by molar-refractivity contribution is 0.0697. The van der Waals surface area contributed by atoms with Crippen molar-refractivity contribution in [1.29, 1.82) is 0 Å². The molecule has 0 aromatic heterocycles. The van der Waals surface area contributed by atoms with Gasteiger partial charge in [-0.3, -0.25) is 0 Å². The van der Waals surface area contributed by atoms with E-state index in [0.717, 1.165) is 39.8 Å². The molecule has 0 atom stereocenters. The van der Waals surface area contributed by atoms with Crippen molar-refractivity contribution in [2.24, 2.45) is 0 Å². The summed E-state index contributed by atoms with van der Waals surface area (Å²) in [6, 6.07) is 21.6. The van der Waals surface area contributed by atoms with Gasteiger partial charge in [0.2, 0.25) is 0 Å². The molecule has 0 saturated carbocycles. The average Bonchev–Trinajstić information content (AvgIpc) is 2.79. The van der Waals surface area contributed by atoms with Gasteiger partial charge in [0.1, 0.15) is 0 Å². The summed E-state index contributed by atoms with van der Waals surface area (Å²) < 4.78 is 0. The molecule has 0 radical (unpaired) electrons. The summed E-state index contributed by atoms with van der Waals surface area (Å²) in [4.78, 5) is 11.1. The fourth-order valence-electron chi connectivity index (χ4n) is 4.00. The van der Waals surface area contributed by atoms with Crippen LogP contribution in [0.5, 0.6) is 0 Å². The number of carboxylic acids is 1. The Labute approximate surface area is 189 Å². The van der Waals surface area contributed by atoms with Crippen molar-refractivity contribution in [1.82, 2.24) is 0 Å². The number of carboxylic acid groups (broad SMARTS) is 1. The molecule has 1 N–H and O–H groups in total. The maximum absolute atomic E-state index is 11.1. The van der Waals surface area contributed by atoms with Crippen LogP contribution in [-0.4, -0.2) is 11.1 Å². The highest BCUT2D eigenvalue weighted by molar-refractivity contribution is 5.90. The van der Waals surface area contributed by atoms with E-state index in [0.29, 0.717) is 0 Å². The monoisotopic (exact) mass is 418 g/mol. The third-order valence-electron chi connectivity index (χ3n) is 6.08. The van der Waals surface area contributed by atoms with Gasteiger partial charge in [-0.1, -0.05) is 80.3 Å². The number of aryl methyl sites for hydroxylation is 1. The van der Waals surface area contributed by atoms with Gasteiger partial charge in [-0.2, -0.15) is 0 Å². The van der Waals surface area contributed by atoms with Crippen molar-refractivity contribution < 1.29 is 9.90 Å². The van der Waals surface area contributed by atoms with Crippen molar-refractivity contribution in [3.05, 3.63) is 118 Å². The quantitative estimate of drug-likeness (QED) is 0.471. The molecular formula is C30H26O2. The van der Waals surface area contributed by atoms with Crippen LogP contribution in [0.3, 0.4) is 0 Å². The van der Waals surface area contributed by atoms with Crippen molar-refractivity contribution >= 4 is 17.1 Å². The predicted molar refractivity (Wildman–Crippen MR) is 132 cm³/mol. The highest BCUT2D eigenvalue weighted by Gasteiger charge is 2.28. The Morgan fingerprint density at radius 2 is 1.53 bits per heavy atom. The first kappa shape index (κ1) is 21.4. The number of carbonyl (C=O) groups is 1. The number of hydrogen-bond acceptors (Lipinski definition) is 1. The molecule has 0 bridgehead atoms. The first-order valence-corrected chi connectivity index (χ1v) is 10.7. The van der Waals surface area contributed by atoms with Crippen LogP contribution in [0.1, 0.15) is 64.0 Å². The average molecular weight is 419 g/mol. The van der Waals surface area contributed by atoms with E-state index in [9.17, 15) is 4.79 Å². The summed E-state index contributed by atoms with van der Waals surface area (Å²) in [7, 11) is 0. The molecule has 0 aliphatic heterocycles. The van der Waals surface area contributed by atoms with Crippen LogP contribution in [0.25, 0.3) is 11.1 Å². The largest absolute Gasteiger partial charge is 0.478 e. The van der Waals surface area contributed by atoms with Crippen LogP contribution in [0.2, 0.25) is 0 Å². The second-order valence-electron chi connectivity index (χ2n) is 8.94. The van der Waals surface area contributed by atoms with Crippen LogP contribution in [0.4, 0.5) is 0 Å². The lowest BCUT2D eigenvalue weighted by Gasteiger charge is -2.31. The van der Waals surface area contributed by atoms with Gasteiger partial charge in [0.15, 0.2) is 0 Å². The van der Waals surface area contributed by atoms with Crippen molar-refractivity contribution in [3.8, 4) is 11.8 Å². The zero-order chi connectivity index (χ0) is 22.9. The number of rotatable bonds is 3. The molecule has 0 saturated heterocycles. The van der Waals surface area contributed by atoms with Crippen LogP contribution >= 0.6 is 0 Å². The van der Waals surface area contributed by atoms with Crippen LogP contribution < -0.4 is 0 Å². The molecule has 2 heteroatoms. The highest BCUT2D eigenvalue weighted by atomic mass is 16.4. The zero-order valence-corrected chi connectivity index (χ0v) is 18.7. The van der Waals surface area contributed by atoms with E-state index in [1.807, 2.05) is 12.1 Å². The van der Waals surface area contributed by atoms with Gasteiger partial charge in [-0.25, -0.2) is 4.79 Å². The SMILES string of the molecule is C=C(c1ccc(C(=O)O)cc1)c1ccc2c(c1)C(C#Cc1ccc(C)cc1)=CCC2(C)C. The number of benzene rings is 3. The third-order valence-corrected chi connectivity index (χ3v) is 6.08. The van der Waals surface area contributed by atoms with Gasteiger partial charge < -0.3 is 5.11 Å². The van der Waals surface area contributed by atoms with Crippen molar-refractivity contribution in [2.45, 2.75) is 32.6 Å². The third kappa shape index (κ3) is 4.29. The molecule has 2 nitrogen and oxygen atoms in total. The molecule has 0 spiro atoms. The van der Waals surface area contributed by atoms with E-state index in [4.69, 9.17) is 5.11 Å². The molecule has 158 valence electrons. The topological polar surface area (TPSA) is 37.3 Å². The Bertz CT molecular complexity index is 1290. The maximum Gasteiger partial charge on any atom is 0.335 e. The van der Waals surface area contributed by atoms with E-state index in [1.54, 1.807) is 12.1 Å². The molecule has 0 heterocycles. The minimum absolute atomic E-state index is 0.0351. The standard InChI is InChI=1S/C30H26O2/c1-20-5-7-22(8-6-20)9-10-24-17-18-30(3,4)28-16-15-26(19-27(24)28)21(2)23-11-13-25(14-12-23)29(31)32/h5-8,11-17,19H,2,18H2,1,3-4H3,(H,31,32). The number of fused-ring (bicyclic) bond motifs is 1. The minimum Gasteiger partial charge on any atom is -0.478 e. The van der Waals surface area contributed by atoms with Gasteiger partial charge in [0.25, 0.3) is 0 Å². The van der Waals surface area contributed by atoms with Crippen LogP contribution in [-0.2, 0) is 5.41 Å². The molecular weight excluding hydrogens is 392 g/mol. The normalized spacial score (nSPS) is 13.9. The lowest BCUT2D eigenvalue weighted by atomic mass is 9.72. The van der Waals surface area contributed by atoms with E-state index < -0.39 is 5.97 Å². The summed E-state index contributed by atoms with van der Waals surface area (Å²) in [5, 5.41) is 9.15. The second-order valence-corrected chi connectivity index (χ2v) is 8.94. The molecule has 0 unspecified atom stereocenters. The fourth-order valence-corrected chi connectivity index (χ4v) is 4.00. The van der Waals surface area contributed by atoms with Gasteiger partial charge in [0, 0.05) is 11.1 Å². The fraction of sp³-hybridized carbons (Fsp3) is 0.167. The van der Waals surface area contributed by atoms with Gasteiger partial charge in [0.05, 0.1) is 5.56 Å². The molecule has 4 rings (SSSR count). The Morgan fingerprint density at radius 3 is 2.19 bits per heavy atom. The molecule has 0 amide bonds. The van der Waals surface area contributed by atoms with Crippen LogP contribution in [0.15, 0.2) is 79.4 Å². The Morgan fingerprint density at radius 1 is 0.906 bits per heavy atom. The van der Waals surface area contributed by atoms with Gasteiger partial charge >= 0.3 is 5.97 Å². The smallest absolute Gasteiger partial charge is 0.335 e. The van der Waals surface area contributed by atoms with Crippen molar-refractivity contribution in [3.63, 3.8) is 0 Å². The first-order chi connectivity index (χ1) is 15.2. The van der Waals surface area contributed by atoms with E-state index in [2.05, 4.69) is 87.7 Å². The molecule has 3 aromatic carbocycles. The number of allylic oxidation sites excluding steroid dienone is 2. The second kappa shape index (κ2) is 8.36. The number of hydrogen-bond donors (Lipinski definition) is 1. The molecule has 32 heavy (non-hydrogen) atoms. The van der Waals surface area contributed by atoms with Gasteiger partial charge in [-0.15, -0.1) is 0 Å². The molecule has 1 aliphatic carbocycles.